The summed E-state index contributed by atoms with van der Waals surface area (Å²) in [5, 5.41) is 1.80. The number of imide groups is 1. The smallest absolute Gasteiger partial charge is 0.233 e. The van der Waals surface area contributed by atoms with Crippen LogP contribution >= 0.6 is 22.9 Å². The molecule has 8 heteroatoms. The van der Waals surface area contributed by atoms with Crippen molar-refractivity contribution in [3.8, 4) is 0 Å². The first kappa shape index (κ1) is 20.6. The number of hydrogen-bond acceptors (Lipinski definition) is 5. The largest absolute Gasteiger partial charge is 0.343 e. The van der Waals surface area contributed by atoms with E-state index < -0.39 is 0 Å². The number of likely N-dealkylation sites (tertiary alicyclic amines) is 2. The summed E-state index contributed by atoms with van der Waals surface area (Å²) < 4.78 is 1.13. The van der Waals surface area contributed by atoms with Crippen LogP contribution in [0.3, 0.4) is 0 Å². The number of carbonyl (C=O) groups excluding carboxylic acids is 3. The van der Waals surface area contributed by atoms with E-state index in [9.17, 15) is 14.4 Å². The monoisotopic (exact) mass is 457 g/mol. The Balaban J connectivity index is 1.15. The lowest BCUT2D eigenvalue weighted by atomic mass is 9.85. The Kier molecular flexibility index (Phi) is 5.56. The minimum atomic E-state index is -0.230. The Hall–Kier alpha value is -2.25. The molecule has 0 saturated carbocycles. The number of carbonyl (C=O) groups is 3. The normalized spacial score (nSPS) is 24.3. The lowest BCUT2D eigenvalue weighted by Crippen LogP contribution is -2.40. The lowest BCUT2D eigenvalue weighted by molar-refractivity contribution is -0.141. The van der Waals surface area contributed by atoms with Gasteiger partial charge < -0.3 is 4.90 Å². The van der Waals surface area contributed by atoms with Gasteiger partial charge in [0, 0.05) is 37.0 Å². The highest BCUT2D eigenvalue weighted by molar-refractivity contribution is 7.18. The second kappa shape index (κ2) is 8.36. The van der Waals surface area contributed by atoms with E-state index in [4.69, 9.17) is 16.6 Å². The van der Waals surface area contributed by atoms with E-state index in [1.807, 2.05) is 35.3 Å². The number of allylic oxidation sites excluding steroid dienone is 2. The molecular formula is C23H24ClN3O3S. The fourth-order valence-corrected chi connectivity index (χ4v) is 6.21. The molecule has 5 rings (SSSR count). The van der Waals surface area contributed by atoms with Crippen molar-refractivity contribution in [2.75, 3.05) is 19.6 Å². The molecule has 1 aliphatic carbocycles. The topological polar surface area (TPSA) is 70.6 Å². The maximum absolute atomic E-state index is 12.7. The second-order valence-electron chi connectivity index (χ2n) is 8.55. The molecule has 2 aliphatic heterocycles. The van der Waals surface area contributed by atoms with E-state index in [-0.39, 0.29) is 42.5 Å². The number of nitrogens with zero attached hydrogens (tertiary/aromatic N) is 3. The van der Waals surface area contributed by atoms with Crippen LogP contribution in [-0.2, 0) is 14.4 Å². The standard InChI is InChI=1S/C23H24ClN3O3S/c24-15-5-6-19-18(13-15)25-21(31-19)14-7-10-26(11-8-14)20(28)9-12-27-22(29)16-3-1-2-4-17(16)23(27)30/h1-2,5-6,13-14,16-17H,3-4,7-12H2/t16-,17-/m1/s1. The third-order valence-corrected chi connectivity index (χ3v) is 8.15. The van der Waals surface area contributed by atoms with Crippen LogP contribution < -0.4 is 0 Å². The van der Waals surface area contributed by atoms with Crippen molar-refractivity contribution in [1.82, 2.24) is 14.8 Å². The van der Waals surface area contributed by atoms with E-state index >= 15 is 0 Å². The van der Waals surface area contributed by atoms with Crippen molar-refractivity contribution < 1.29 is 14.4 Å². The summed E-state index contributed by atoms with van der Waals surface area (Å²) in [6.07, 6.45) is 7.16. The average molecular weight is 458 g/mol. The van der Waals surface area contributed by atoms with Gasteiger partial charge in [-0.05, 0) is 43.9 Å². The van der Waals surface area contributed by atoms with E-state index in [0.29, 0.717) is 36.9 Å². The fraction of sp³-hybridized carbons (Fsp3) is 0.478. The van der Waals surface area contributed by atoms with Gasteiger partial charge in [-0.25, -0.2) is 4.98 Å². The zero-order chi connectivity index (χ0) is 21.5. The van der Waals surface area contributed by atoms with Crippen LogP contribution in [0.25, 0.3) is 10.2 Å². The number of hydrogen-bond donors (Lipinski definition) is 0. The summed E-state index contributed by atoms with van der Waals surface area (Å²) in [6, 6.07) is 5.78. The summed E-state index contributed by atoms with van der Waals surface area (Å²) in [7, 11) is 0. The molecule has 1 aromatic carbocycles. The van der Waals surface area contributed by atoms with Gasteiger partial charge in [-0.15, -0.1) is 11.3 Å². The molecule has 31 heavy (non-hydrogen) atoms. The first-order chi connectivity index (χ1) is 15.0. The minimum Gasteiger partial charge on any atom is -0.343 e. The third-order valence-electron chi connectivity index (χ3n) is 6.71. The highest BCUT2D eigenvalue weighted by atomic mass is 35.5. The summed E-state index contributed by atoms with van der Waals surface area (Å²) in [4.78, 5) is 45.8. The van der Waals surface area contributed by atoms with Crippen LogP contribution in [0, 0.1) is 11.8 Å². The third kappa shape index (κ3) is 3.89. The predicted molar refractivity (Wildman–Crippen MR) is 120 cm³/mol. The number of benzene rings is 1. The van der Waals surface area contributed by atoms with E-state index in [2.05, 4.69) is 0 Å². The fourth-order valence-electron chi connectivity index (χ4n) is 4.92. The number of rotatable bonds is 4. The molecule has 6 nitrogen and oxygen atoms in total. The highest BCUT2D eigenvalue weighted by Crippen LogP contribution is 2.36. The number of halogens is 1. The number of amides is 3. The number of thiazole rings is 1. The molecule has 3 amide bonds. The average Bonchev–Trinajstić information content (AvgIpc) is 3.31. The Morgan fingerprint density at radius 2 is 1.77 bits per heavy atom. The summed E-state index contributed by atoms with van der Waals surface area (Å²) >= 11 is 7.77. The van der Waals surface area contributed by atoms with Crippen LogP contribution in [-0.4, -0.2) is 52.1 Å². The van der Waals surface area contributed by atoms with E-state index in [1.165, 1.54) is 4.90 Å². The van der Waals surface area contributed by atoms with Gasteiger partial charge in [0.25, 0.3) is 0 Å². The summed E-state index contributed by atoms with van der Waals surface area (Å²) in [6.45, 7) is 1.55. The van der Waals surface area contributed by atoms with Crippen molar-refractivity contribution in [2.24, 2.45) is 11.8 Å². The molecule has 0 unspecified atom stereocenters. The van der Waals surface area contributed by atoms with Crippen molar-refractivity contribution in [1.29, 1.82) is 0 Å². The van der Waals surface area contributed by atoms with Gasteiger partial charge in [-0.2, -0.15) is 0 Å². The predicted octanol–water partition coefficient (Wildman–Crippen LogP) is 4.00. The molecule has 0 spiro atoms. The Morgan fingerprint density at radius 1 is 1.10 bits per heavy atom. The van der Waals surface area contributed by atoms with Crippen molar-refractivity contribution in [2.45, 2.75) is 38.0 Å². The van der Waals surface area contributed by atoms with Crippen LogP contribution in [0.1, 0.15) is 43.0 Å². The Morgan fingerprint density at radius 3 is 2.45 bits per heavy atom. The molecule has 2 atom stereocenters. The van der Waals surface area contributed by atoms with Gasteiger partial charge in [-0.1, -0.05) is 23.8 Å². The quantitative estimate of drug-likeness (QED) is 0.514. The van der Waals surface area contributed by atoms with Gasteiger partial charge in [0.05, 0.1) is 27.1 Å². The van der Waals surface area contributed by atoms with Gasteiger partial charge in [0.15, 0.2) is 0 Å². The zero-order valence-corrected chi connectivity index (χ0v) is 18.7. The minimum absolute atomic E-state index is 0.0168. The van der Waals surface area contributed by atoms with Crippen LogP contribution in [0.15, 0.2) is 30.4 Å². The zero-order valence-electron chi connectivity index (χ0n) is 17.1. The molecule has 1 aromatic heterocycles. The second-order valence-corrected chi connectivity index (χ2v) is 10.1. The van der Waals surface area contributed by atoms with E-state index in [1.54, 1.807) is 11.3 Å². The molecule has 2 fully saturated rings. The molecular weight excluding hydrogens is 434 g/mol. The number of fused-ring (bicyclic) bond motifs is 2. The van der Waals surface area contributed by atoms with Crippen molar-refractivity contribution in [3.63, 3.8) is 0 Å². The van der Waals surface area contributed by atoms with Crippen LogP contribution in [0.2, 0.25) is 5.02 Å². The molecule has 0 bridgehead atoms. The SMILES string of the molecule is O=C(CCN1C(=O)[C@@H]2CC=CC[C@H]2C1=O)N1CCC(c2nc3cc(Cl)ccc3s2)CC1. The molecule has 0 N–H and O–H groups in total. The van der Waals surface area contributed by atoms with Gasteiger partial charge in [0.2, 0.25) is 17.7 Å². The molecule has 3 aliphatic rings. The maximum Gasteiger partial charge on any atom is 0.233 e. The lowest BCUT2D eigenvalue weighted by Gasteiger charge is -2.31. The first-order valence-corrected chi connectivity index (χ1v) is 12.0. The molecule has 2 aromatic rings. The molecule has 162 valence electrons. The van der Waals surface area contributed by atoms with Crippen LogP contribution in [0.4, 0.5) is 0 Å². The maximum atomic E-state index is 12.7. The van der Waals surface area contributed by atoms with Crippen LogP contribution in [0.5, 0.6) is 0 Å². The highest BCUT2D eigenvalue weighted by Gasteiger charge is 2.47. The molecule has 2 saturated heterocycles. The first-order valence-electron chi connectivity index (χ1n) is 10.9. The summed E-state index contributed by atoms with van der Waals surface area (Å²) in [5.74, 6) is -0.316. The Labute approximate surface area is 189 Å². The molecule has 3 heterocycles. The molecule has 0 radical (unpaired) electrons. The van der Waals surface area contributed by atoms with Gasteiger partial charge in [-0.3, -0.25) is 19.3 Å². The van der Waals surface area contributed by atoms with Crippen molar-refractivity contribution >= 4 is 50.9 Å². The van der Waals surface area contributed by atoms with Gasteiger partial charge >= 0.3 is 0 Å². The van der Waals surface area contributed by atoms with Crippen molar-refractivity contribution in [3.05, 3.63) is 40.4 Å². The Bertz CT molecular complexity index is 1050. The van der Waals surface area contributed by atoms with E-state index in [0.717, 1.165) is 28.1 Å². The summed E-state index contributed by atoms with van der Waals surface area (Å²) in [5.41, 5.74) is 0.932. The number of aromatic nitrogens is 1. The van der Waals surface area contributed by atoms with Gasteiger partial charge in [0.1, 0.15) is 0 Å². The number of piperidine rings is 1.